The van der Waals surface area contributed by atoms with Crippen molar-refractivity contribution < 1.29 is 4.74 Å². The summed E-state index contributed by atoms with van der Waals surface area (Å²) in [6.07, 6.45) is 4.26. The van der Waals surface area contributed by atoms with Gasteiger partial charge < -0.3 is 4.74 Å². The maximum Gasteiger partial charge on any atom is 0.129 e. The molecule has 1 rings (SSSR count). The number of pyridine rings is 1. The first-order valence-corrected chi connectivity index (χ1v) is 5.32. The molecule has 0 aliphatic carbocycles. The standard InChI is InChI=1S/C11H16ClNO/c1-3-4-9(2)14-8-10-5-6-13-11(12)7-10/h5-7,9H,3-4,8H2,1-2H3. The van der Waals surface area contributed by atoms with Crippen LogP contribution in [0.3, 0.4) is 0 Å². The monoisotopic (exact) mass is 213 g/mol. The first-order valence-electron chi connectivity index (χ1n) is 4.94. The minimum absolute atomic E-state index is 0.312. The van der Waals surface area contributed by atoms with Crippen LogP contribution >= 0.6 is 11.6 Å². The van der Waals surface area contributed by atoms with Gasteiger partial charge in [-0.15, -0.1) is 0 Å². The Bertz CT molecular complexity index is 278. The molecule has 14 heavy (non-hydrogen) atoms. The molecule has 3 heteroatoms. The van der Waals surface area contributed by atoms with Gasteiger partial charge in [0, 0.05) is 6.20 Å². The highest BCUT2D eigenvalue weighted by Gasteiger charge is 2.01. The van der Waals surface area contributed by atoms with Gasteiger partial charge >= 0.3 is 0 Å². The van der Waals surface area contributed by atoms with Crippen LogP contribution in [0.5, 0.6) is 0 Å². The highest BCUT2D eigenvalue weighted by Crippen LogP contribution is 2.10. The largest absolute Gasteiger partial charge is 0.374 e. The van der Waals surface area contributed by atoms with Crippen LogP contribution in [0.2, 0.25) is 5.15 Å². The van der Waals surface area contributed by atoms with E-state index >= 15 is 0 Å². The second-order valence-corrected chi connectivity index (χ2v) is 3.78. The van der Waals surface area contributed by atoms with E-state index in [1.165, 1.54) is 0 Å². The van der Waals surface area contributed by atoms with E-state index in [2.05, 4.69) is 18.8 Å². The summed E-state index contributed by atoms with van der Waals surface area (Å²) in [5.41, 5.74) is 1.08. The quantitative estimate of drug-likeness (QED) is 0.699. The number of halogens is 1. The summed E-state index contributed by atoms with van der Waals surface area (Å²) in [7, 11) is 0. The molecule has 0 saturated carbocycles. The Morgan fingerprint density at radius 2 is 2.36 bits per heavy atom. The zero-order chi connectivity index (χ0) is 10.4. The molecule has 1 atom stereocenters. The fraction of sp³-hybridized carbons (Fsp3) is 0.545. The van der Waals surface area contributed by atoms with E-state index in [0.29, 0.717) is 17.9 Å². The zero-order valence-corrected chi connectivity index (χ0v) is 9.42. The topological polar surface area (TPSA) is 22.1 Å². The molecule has 0 aliphatic rings. The van der Waals surface area contributed by atoms with Gasteiger partial charge in [-0.3, -0.25) is 0 Å². The molecule has 0 aromatic carbocycles. The summed E-state index contributed by atoms with van der Waals surface area (Å²) in [6.45, 7) is 4.86. The van der Waals surface area contributed by atoms with Gasteiger partial charge in [-0.2, -0.15) is 0 Å². The van der Waals surface area contributed by atoms with Crippen molar-refractivity contribution in [3.8, 4) is 0 Å². The molecule has 0 spiro atoms. The molecule has 2 nitrogen and oxygen atoms in total. The van der Waals surface area contributed by atoms with Gasteiger partial charge in [0.25, 0.3) is 0 Å². The maximum absolute atomic E-state index is 5.75. The first-order chi connectivity index (χ1) is 6.72. The first kappa shape index (κ1) is 11.5. The molecular weight excluding hydrogens is 198 g/mol. The van der Waals surface area contributed by atoms with Crippen LogP contribution in [0.4, 0.5) is 0 Å². The van der Waals surface area contributed by atoms with Gasteiger partial charge in [0.1, 0.15) is 5.15 Å². The van der Waals surface area contributed by atoms with Crippen LogP contribution < -0.4 is 0 Å². The molecule has 0 aliphatic heterocycles. The van der Waals surface area contributed by atoms with E-state index in [9.17, 15) is 0 Å². The molecule has 1 aromatic heterocycles. The Hall–Kier alpha value is -0.600. The number of rotatable bonds is 5. The Labute approximate surface area is 90.3 Å². The third kappa shape index (κ3) is 4.07. The van der Waals surface area contributed by atoms with Crippen molar-refractivity contribution in [2.45, 2.75) is 39.4 Å². The lowest BCUT2D eigenvalue weighted by molar-refractivity contribution is 0.0471. The maximum atomic E-state index is 5.75. The molecule has 78 valence electrons. The van der Waals surface area contributed by atoms with Crippen LogP contribution in [0.1, 0.15) is 32.3 Å². The van der Waals surface area contributed by atoms with E-state index in [-0.39, 0.29) is 0 Å². The van der Waals surface area contributed by atoms with Gasteiger partial charge in [-0.25, -0.2) is 4.98 Å². The Morgan fingerprint density at radius 3 is 3.00 bits per heavy atom. The van der Waals surface area contributed by atoms with Crippen molar-refractivity contribution in [1.82, 2.24) is 4.98 Å². The summed E-state index contributed by atoms with van der Waals surface area (Å²) in [5, 5.41) is 0.522. The van der Waals surface area contributed by atoms with Crippen LogP contribution in [0.15, 0.2) is 18.3 Å². The Kier molecular flexibility index (Phi) is 4.91. The fourth-order valence-electron chi connectivity index (χ4n) is 1.26. The Balaban J connectivity index is 2.37. The normalized spacial score (nSPS) is 12.8. The fourth-order valence-corrected chi connectivity index (χ4v) is 1.46. The number of nitrogens with zero attached hydrogens (tertiary/aromatic N) is 1. The van der Waals surface area contributed by atoms with Gasteiger partial charge in [-0.1, -0.05) is 24.9 Å². The van der Waals surface area contributed by atoms with Crippen LogP contribution in [-0.4, -0.2) is 11.1 Å². The van der Waals surface area contributed by atoms with Gasteiger partial charge in [0.2, 0.25) is 0 Å². The van der Waals surface area contributed by atoms with Crippen molar-refractivity contribution >= 4 is 11.6 Å². The zero-order valence-electron chi connectivity index (χ0n) is 8.66. The summed E-state index contributed by atoms with van der Waals surface area (Å²) in [5.74, 6) is 0. The van der Waals surface area contributed by atoms with Crippen molar-refractivity contribution in [2.24, 2.45) is 0 Å². The summed E-state index contributed by atoms with van der Waals surface area (Å²) in [6, 6.07) is 3.75. The van der Waals surface area contributed by atoms with E-state index in [1.54, 1.807) is 6.20 Å². The van der Waals surface area contributed by atoms with E-state index in [4.69, 9.17) is 16.3 Å². The summed E-state index contributed by atoms with van der Waals surface area (Å²) in [4.78, 5) is 3.91. The highest BCUT2D eigenvalue weighted by atomic mass is 35.5. The molecule has 0 fully saturated rings. The minimum atomic E-state index is 0.312. The van der Waals surface area contributed by atoms with Gasteiger partial charge in [0.15, 0.2) is 0 Å². The predicted molar refractivity (Wildman–Crippen MR) is 58.4 cm³/mol. The van der Waals surface area contributed by atoms with Crippen molar-refractivity contribution in [1.29, 1.82) is 0 Å². The summed E-state index contributed by atoms with van der Waals surface area (Å²) < 4.78 is 5.64. The van der Waals surface area contributed by atoms with Crippen molar-refractivity contribution in [2.75, 3.05) is 0 Å². The average Bonchev–Trinajstić information content (AvgIpc) is 2.15. The van der Waals surface area contributed by atoms with Crippen molar-refractivity contribution in [3.63, 3.8) is 0 Å². The Morgan fingerprint density at radius 1 is 1.57 bits per heavy atom. The molecule has 1 unspecified atom stereocenters. The summed E-state index contributed by atoms with van der Waals surface area (Å²) >= 11 is 5.75. The van der Waals surface area contributed by atoms with Crippen molar-refractivity contribution in [3.05, 3.63) is 29.0 Å². The number of ether oxygens (including phenoxy) is 1. The lowest BCUT2D eigenvalue weighted by atomic mass is 10.2. The van der Waals surface area contributed by atoms with Crippen LogP contribution in [0, 0.1) is 0 Å². The average molecular weight is 214 g/mol. The second-order valence-electron chi connectivity index (χ2n) is 3.40. The molecule has 0 amide bonds. The number of aromatic nitrogens is 1. The molecule has 1 heterocycles. The lowest BCUT2D eigenvalue weighted by Crippen LogP contribution is -2.07. The van der Waals surface area contributed by atoms with Gasteiger partial charge in [0.05, 0.1) is 12.7 Å². The van der Waals surface area contributed by atoms with E-state index in [0.717, 1.165) is 18.4 Å². The number of hydrogen-bond acceptors (Lipinski definition) is 2. The molecule has 0 bridgehead atoms. The smallest absolute Gasteiger partial charge is 0.129 e. The third-order valence-corrected chi connectivity index (χ3v) is 2.23. The molecule has 0 radical (unpaired) electrons. The SMILES string of the molecule is CCCC(C)OCc1ccnc(Cl)c1. The lowest BCUT2D eigenvalue weighted by Gasteiger charge is -2.11. The third-order valence-electron chi connectivity index (χ3n) is 2.02. The second kappa shape index (κ2) is 5.99. The molecule has 0 N–H and O–H groups in total. The minimum Gasteiger partial charge on any atom is -0.374 e. The van der Waals surface area contributed by atoms with Crippen LogP contribution in [0.25, 0.3) is 0 Å². The number of hydrogen-bond donors (Lipinski definition) is 0. The highest BCUT2D eigenvalue weighted by molar-refractivity contribution is 6.29. The molecular formula is C11H16ClNO. The predicted octanol–water partition coefficient (Wildman–Crippen LogP) is 3.44. The van der Waals surface area contributed by atoms with E-state index in [1.807, 2.05) is 12.1 Å². The van der Waals surface area contributed by atoms with E-state index < -0.39 is 0 Å². The molecule has 1 aromatic rings. The van der Waals surface area contributed by atoms with Gasteiger partial charge in [-0.05, 0) is 31.0 Å². The molecule has 0 saturated heterocycles. The van der Waals surface area contributed by atoms with Crippen LogP contribution in [-0.2, 0) is 11.3 Å².